The fraction of sp³-hybridized carbons (Fsp3) is 0. The molecule has 0 N–H and O–H groups in total. The summed E-state index contributed by atoms with van der Waals surface area (Å²) in [6, 6.07) is 7.86. The van der Waals surface area contributed by atoms with Gasteiger partial charge < -0.3 is 0 Å². The van der Waals surface area contributed by atoms with Gasteiger partial charge in [-0.05, 0) is 17.5 Å². The highest BCUT2D eigenvalue weighted by molar-refractivity contribution is 5.87. The van der Waals surface area contributed by atoms with Crippen LogP contribution in [0.1, 0.15) is 5.56 Å². The van der Waals surface area contributed by atoms with Gasteiger partial charge >= 0.3 is 0 Å². The van der Waals surface area contributed by atoms with Crippen LogP contribution in [-0.4, -0.2) is 4.98 Å². The van der Waals surface area contributed by atoms with E-state index in [9.17, 15) is 0 Å². The number of benzene rings is 1. The van der Waals surface area contributed by atoms with E-state index in [0.29, 0.717) is 0 Å². The summed E-state index contributed by atoms with van der Waals surface area (Å²) in [5.74, 6) is 2.63. The number of rotatable bonds is 0. The van der Waals surface area contributed by atoms with Gasteiger partial charge in [-0.1, -0.05) is 18.1 Å². The molecular formula is C11H7N. The molecule has 0 amide bonds. The molecular weight excluding hydrogens is 146 g/mol. The standard InChI is InChI=1S/C11H7N/c1-2-9-4-3-5-10-6-7-12-8-11(9)10/h1,3-8H. The van der Waals surface area contributed by atoms with Crippen molar-refractivity contribution in [1.29, 1.82) is 0 Å². The highest BCUT2D eigenvalue weighted by Crippen LogP contribution is 2.15. The van der Waals surface area contributed by atoms with Crippen LogP contribution in [0.4, 0.5) is 0 Å². The summed E-state index contributed by atoms with van der Waals surface area (Å²) in [7, 11) is 0. The van der Waals surface area contributed by atoms with Gasteiger partial charge in [0.05, 0.1) is 0 Å². The molecule has 0 fully saturated rings. The Morgan fingerprint density at radius 2 is 2.17 bits per heavy atom. The lowest BCUT2D eigenvalue weighted by Gasteiger charge is -1.97. The summed E-state index contributed by atoms with van der Waals surface area (Å²) in [5.41, 5.74) is 0.903. The average molecular weight is 153 g/mol. The molecule has 2 rings (SSSR count). The van der Waals surface area contributed by atoms with Gasteiger partial charge in [0.1, 0.15) is 0 Å². The molecule has 0 aliphatic carbocycles. The van der Waals surface area contributed by atoms with Gasteiger partial charge in [-0.15, -0.1) is 6.42 Å². The number of aromatic nitrogens is 1. The van der Waals surface area contributed by atoms with Crippen LogP contribution in [0.2, 0.25) is 0 Å². The van der Waals surface area contributed by atoms with Gasteiger partial charge in [0, 0.05) is 23.3 Å². The molecule has 1 nitrogen and oxygen atoms in total. The van der Waals surface area contributed by atoms with Crippen molar-refractivity contribution in [3.8, 4) is 12.3 Å². The first-order valence-electron chi connectivity index (χ1n) is 3.71. The van der Waals surface area contributed by atoms with Crippen LogP contribution in [0, 0.1) is 12.3 Å². The number of pyridine rings is 1. The van der Waals surface area contributed by atoms with E-state index in [2.05, 4.69) is 10.9 Å². The van der Waals surface area contributed by atoms with E-state index in [1.54, 1.807) is 12.4 Å². The first-order chi connectivity index (χ1) is 5.92. The van der Waals surface area contributed by atoms with Gasteiger partial charge in [-0.3, -0.25) is 4.98 Å². The molecule has 0 unspecified atom stereocenters. The Hall–Kier alpha value is -1.81. The van der Waals surface area contributed by atoms with Crippen LogP contribution in [0.15, 0.2) is 36.7 Å². The predicted octanol–water partition coefficient (Wildman–Crippen LogP) is 2.22. The molecule has 0 bridgehead atoms. The Morgan fingerprint density at radius 1 is 1.25 bits per heavy atom. The smallest absolute Gasteiger partial charge is 0.0358 e. The zero-order valence-corrected chi connectivity index (χ0v) is 6.49. The lowest BCUT2D eigenvalue weighted by atomic mass is 10.1. The van der Waals surface area contributed by atoms with Gasteiger partial charge in [0.2, 0.25) is 0 Å². The number of nitrogens with zero attached hydrogens (tertiary/aromatic N) is 1. The Kier molecular flexibility index (Phi) is 1.53. The van der Waals surface area contributed by atoms with Gasteiger partial charge in [-0.25, -0.2) is 0 Å². The monoisotopic (exact) mass is 153 g/mol. The van der Waals surface area contributed by atoms with Crippen molar-refractivity contribution in [1.82, 2.24) is 4.98 Å². The normalized spacial score (nSPS) is 9.58. The molecule has 0 saturated carbocycles. The summed E-state index contributed by atoms with van der Waals surface area (Å²) in [5, 5.41) is 2.18. The van der Waals surface area contributed by atoms with Crippen LogP contribution < -0.4 is 0 Å². The lowest BCUT2D eigenvalue weighted by Crippen LogP contribution is -1.79. The molecule has 1 heterocycles. The number of terminal acetylenes is 1. The van der Waals surface area contributed by atoms with Crippen LogP contribution in [0.3, 0.4) is 0 Å². The predicted molar refractivity (Wildman–Crippen MR) is 49.7 cm³/mol. The summed E-state index contributed by atoms with van der Waals surface area (Å²) >= 11 is 0. The fourth-order valence-corrected chi connectivity index (χ4v) is 1.24. The molecule has 1 aromatic heterocycles. The number of hydrogen-bond donors (Lipinski definition) is 0. The summed E-state index contributed by atoms with van der Waals surface area (Å²) in [6.45, 7) is 0. The Labute approximate surface area is 71.1 Å². The fourth-order valence-electron chi connectivity index (χ4n) is 1.24. The topological polar surface area (TPSA) is 12.9 Å². The van der Waals surface area contributed by atoms with Crippen LogP contribution in [-0.2, 0) is 0 Å². The minimum atomic E-state index is 0.903. The summed E-state index contributed by atoms with van der Waals surface area (Å²) < 4.78 is 0. The van der Waals surface area contributed by atoms with E-state index in [4.69, 9.17) is 6.42 Å². The Morgan fingerprint density at radius 3 is 3.00 bits per heavy atom. The van der Waals surface area contributed by atoms with Gasteiger partial charge in [0.15, 0.2) is 0 Å². The average Bonchev–Trinajstić information content (AvgIpc) is 2.17. The van der Waals surface area contributed by atoms with Crippen molar-refractivity contribution < 1.29 is 0 Å². The zero-order chi connectivity index (χ0) is 8.39. The quantitative estimate of drug-likeness (QED) is 0.529. The minimum Gasteiger partial charge on any atom is -0.264 e. The van der Waals surface area contributed by atoms with E-state index >= 15 is 0 Å². The Balaban J connectivity index is 2.91. The van der Waals surface area contributed by atoms with E-state index in [0.717, 1.165) is 16.3 Å². The summed E-state index contributed by atoms with van der Waals surface area (Å²) in [4.78, 5) is 4.03. The molecule has 1 aromatic carbocycles. The third-order valence-corrected chi connectivity index (χ3v) is 1.84. The zero-order valence-electron chi connectivity index (χ0n) is 6.49. The van der Waals surface area contributed by atoms with Crippen molar-refractivity contribution in [2.75, 3.05) is 0 Å². The second kappa shape index (κ2) is 2.67. The van der Waals surface area contributed by atoms with Crippen LogP contribution in [0.25, 0.3) is 10.8 Å². The van der Waals surface area contributed by atoms with Crippen LogP contribution in [0.5, 0.6) is 0 Å². The molecule has 0 saturated heterocycles. The molecule has 56 valence electrons. The highest BCUT2D eigenvalue weighted by atomic mass is 14.6. The maximum Gasteiger partial charge on any atom is 0.0358 e. The number of fused-ring (bicyclic) bond motifs is 1. The highest BCUT2D eigenvalue weighted by Gasteiger charge is 1.95. The maximum atomic E-state index is 5.34. The largest absolute Gasteiger partial charge is 0.264 e. The van der Waals surface area contributed by atoms with Gasteiger partial charge in [-0.2, -0.15) is 0 Å². The van der Waals surface area contributed by atoms with E-state index in [-0.39, 0.29) is 0 Å². The van der Waals surface area contributed by atoms with Crippen molar-refractivity contribution in [2.45, 2.75) is 0 Å². The van der Waals surface area contributed by atoms with E-state index in [1.165, 1.54) is 0 Å². The third kappa shape index (κ3) is 0.943. The van der Waals surface area contributed by atoms with E-state index < -0.39 is 0 Å². The van der Waals surface area contributed by atoms with Crippen molar-refractivity contribution in [3.05, 3.63) is 42.2 Å². The van der Waals surface area contributed by atoms with Crippen molar-refractivity contribution in [3.63, 3.8) is 0 Å². The van der Waals surface area contributed by atoms with Crippen molar-refractivity contribution in [2.24, 2.45) is 0 Å². The second-order valence-electron chi connectivity index (χ2n) is 2.55. The van der Waals surface area contributed by atoms with E-state index in [1.807, 2.05) is 24.3 Å². The third-order valence-electron chi connectivity index (χ3n) is 1.84. The number of hydrogen-bond acceptors (Lipinski definition) is 1. The van der Waals surface area contributed by atoms with Crippen molar-refractivity contribution >= 4 is 10.8 Å². The first kappa shape index (κ1) is 6.87. The second-order valence-corrected chi connectivity index (χ2v) is 2.55. The Bertz CT molecular complexity index is 447. The maximum absolute atomic E-state index is 5.34. The van der Waals surface area contributed by atoms with Crippen LogP contribution >= 0.6 is 0 Å². The first-order valence-corrected chi connectivity index (χ1v) is 3.71. The molecule has 1 heteroatoms. The summed E-state index contributed by atoms with van der Waals surface area (Å²) in [6.07, 6.45) is 8.90. The molecule has 0 aliphatic rings. The molecule has 2 aromatic rings. The van der Waals surface area contributed by atoms with Gasteiger partial charge in [0.25, 0.3) is 0 Å². The SMILES string of the molecule is C#Cc1cccc2ccncc12. The molecule has 0 atom stereocenters. The molecule has 0 aliphatic heterocycles. The molecule has 12 heavy (non-hydrogen) atoms. The lowest BCUT2D eigenvalue weighted by molar-refractivity contribution is 1.36. The molecule has 0 spiro atoms. The molecule has 0 radical (unpaired) electrons. The minimum absolute atomic E-state index is 0.903.